The first kappa shape index (κ1) is 23.3. The molecule has 3 N–H and O–H groups in total. The van der Waals surface area contributed by atoms with Gasteiger partial charge in [-0.15, -0.1) is 11.8 Å². The van der Waals surface area contributed by atoms with E-state index in [0.717, 1.165) is 28.9 Å². The number of methoxy groups -OCH3 is 1. The molecule has 2 aromatic carbocycles. The van der Waals surface area contributed by atoms with Crippen LogP contribution in [0.5, 0.6) is 5.88 Å². The lowest BCUT2D eigenvalue weighted by atomic mass is 9.62. The van der Waals surface area contributed by atoms with Crippen LogP contribution >= 0.6 is 23.4 Å². The molecule has 6 nitrogen and oxygen atoms in total. The van der Waals surface area contributed by atoms with Crippen LogP contribution < -0.4 is 15.4 Å². The van der Waals surface area contributed by atoms with Gasteiger partial charge in [0.05, 0.1) is 30.2 Å². The number of fused-ring (bicyclic) bond motifs is 2. The van der Waals surface area contributed by atoms with Gasteiger partial charge in [-0.05, 0) is 54.2 Å². The Morgan fingerprint density at radius 2 is 2.16 bits per heavy atom. The summed E-state index contributed by atoms with van der Waals surface area (Å²) in [5, 5.41) is 19.5. The summed E-state index contributed by atoms with van der Waals surface area (Å²) < 4.78 is 5.31. The number of aromatic nitrogens is 1. The standard InChI is InChI=1S/C29H26ClN3O3S/c1-36-26-7-4-16-3-5-20(30)27(28(16)33-26)22(34)10-17-9-18-12-29(18)19(17)11-24(29)31-13-15-2-6-23-21(8-15)32-25(35)14-37-23/h2-9,12,19,22,24,31,34H,10-11,13-14H2,1H3,(H,32,35). The van der Waals surface area contributed by atoms with Crippen molar-refractivity contribution >= 4 is 45.9 Å². The molecule has 1 spiro atoms. The molecule has 0 saturated heterocycles. The maximum atomic E-state index is 11.7. The number of nitrogens with zero attached hydrogens (tertiary/aromatic N) is 1. The highest BCUT2D eigenvalue weighted by Crippen LogP contribution is 2.70. The Kier molecular flexibility index (Phi) is 5.41. The highest BCUT2D eigenvalue weighted by Gasteiger charge is 2.66. The number of ether oxygens (including phenoxy) is 1. The predicted molar refractivity (Wildman–Crippen MR) is 146 cm³/mol. The molecule has 37 heavy (non-hydrogen) atoms. The van der Waals surface area contributed by atoms with Crippen molar-refractivity contribution in [2.45, 2.75) is 36.4 Å². The summed E-state index contributed by atoms with van der Waals surface area (Å²) in [6.45, 7) is 0.755. The van der Waals surface area contributed by atoms with Gasteiger partial charge in [-0.3, -0.25) is 4.79 Å². The average Bonchev–Trinajstić information content (AvgIpc) is 3.59. The van der Waals surface area contributed by atoms with Crippen molar-refractivity contribution in [2.24, 2.45) is 11.3 Å². The van der Waals surface area contributed by atoms with Crippen molar-refractivity contribution in [3.8, 4) is 5.88 Å². The van der Waals surface area contributed by atoms with Crippen LogP contribution in [0.15, 0.2) is 70.7 Å². The molecule has 3 aliphatic carbocycles. The Bertz CT molecular complexity index is 1540. The molecule has 0 bridgehead atoms. The summed E-state index contributed by atoms with van der Waals surface area (Å²) in [5.41, 5.74) is 6.18. The molecule has 0 radical (unpaired) electrons. The summed E-state index contributed by atoms with van der Waals surface area (Å²) in [4.78, 5) is 17.5. The maximum absolute atomic E-state index is 11.7. The van der Waals surface area contributed by atoms with Crippen LogP contribution in [0.2, 0.25) is 5.02 Å². The molecule has 1 aliphatic heterocycles. The zero-order chi connectivity index (χ0) is 25.3. The smallest absolute Gasteiger partial charge is 0.234 e. The van der Waals surface area contributed by atoms with Crippen molar-refractivity contribution < 1.29 is 14.6 Å². The average molecular weight is 532 g/mol. The molecule has 4 aliphatic rings. The number of benzene rings is 2. The fourth-order valence-electron chi connectivity index (χ4n) is 6.32. The summed E-state index contributed by atoms with van der Waals surface area (Å²) in [6, 6.07) is 14.2. The van der Waals surface area contributed by atoms with Gasteiger partial charge >= 0.3 is 0 Å². The van der Waals surface area contributed by atoms with Gasteiger partial charge < -0.3 is 20.5 Å². The number of aliphatic hydroxyl groups is 1. The first-order chi connectivity index (χ1) is 18.0. The lowest BCUT2D eigenvalue weighted by molar-refractivity contribution is -0.113. The second kappa shape index (κ2) is 8.60. The van der Waals surface area contributed by atoms with Gasteiger partial charge in [-0.1, -0.05) is 41.5 Å². The first-order valence-electron chi connectivity index (χ1n) is 12.5. The molecule has 4 atom stereocenters. The van der Waals surface area contributed by atoms with Crippen LogP contribution in [0.1, 0.15) is 30.1 Å². The largest absolute Gasteiger partial charge is 0.481 e. The first-order valence-corrected chi connectivity index (χ1v) is 13.9. The number of anilines is 1. The zero-order valence-electron chi connectivity index (χ0n) is 20.3. The van der Waals surface area contributed by atoms with Crippen LogP contribution in [-0.2, 0) is 11.3 Å². The number of carbonyl (C=O) groups excluding carboxylic acids is 1. The van der Waals surface area contributed by atoms with E-state index in [1.807, 2.05) is 24.3 Å². The van der Waals surface area contributed by atoms with Crippen molar-refractivity contribution in [2.75, 3.05) is 18.2 Å². The molecule has 1 saturated carbocycles. The normalized spacial score (nSPS) is 25.8. The number of halogens is 1. The van der Waals surface area contributed by atoms with E-state index in [0.29, 0.717) is 46.1 Å². The summed E-state index contributed by atoms with van der Waals surface area (Å²) >= 11 is 8.15. The van der Waals surface area contributed by atoms with Crippen molar-refractivity contribution in [1.82, 2.24) is 10.3 Å². The highest BCUT2D eigenvalue weighted by molar-refractivity contribution is 8.00. The predicted octanol–water partition coefficient (Wildman–Crippen LogP) is 5.41. The Morgan fingerprint density at radius 3 is 3.03 bits per heavy atom. The van der Waals surface area contributed by atoms with Crippen LogP contribution in [0.3, 0.4) is 0 Å². The van der Waals surface area contributed by atoms with Crippen molar-refractivity contribution in [3.05, 3.63) is 81.9 Å². The fraction of sp³-hybridized carbons (Fsp3) is 0.310. The van der Waals surface area contributed by atoms with Gasteiger partial charge in [0.25, 0.3) is 0 Å². The lowest BCUT2D eigenvalue weighted by Gasteiger charge is -2.46. The Hall–Kier alpha value is -2.84. The number of rotatable bonds is 7. The quantitative estimate of drug-likeness (QED) is 0.378. The third-order valence-electron chi connectivity index (χ3n) is 8.25. The third kappa shape index (κ3) is 3.71. The Balaban J connectivity index is 1.03. The number of pyridine rings is 1. The minimum absolute atomic E-state index is 0.0570. The van der Waals surface area contributed by atoms with E-state index >= 15 is 0 Å². The second-order valence-corrected chi connectivity index (χ2v) is 11.7. The van der Waals surface area contributed by atoms with Gasteiger partial charge in [0, 0.05) is 44.9 Å². The molecule has 2 heterocycles. The highest BCUT2D eigenvalue weighted by atomic mass is 35.5. The molecule has 8 heteroatoms. The van der Waals surface area contributed by atoms with Crippen LogP contribution in [0.4, 0.5) is 5.69 Å². The molecule has 1 aromatic heterocycles. The van der Waals surface area contributed by atoms with Crippen LogP contribution in [-0.4, -0.2) is 34.9 Å². The van der Waals surface area contributed by atoms with Crippen LogP contribution in [0.25, 0.3) is 10.9 Å². The van der Waals surface area contributed by atoms with E-state index in [9.17, 15) is 9.90 Å². The summed E-state index contributed by atoms with van der Waals surface area (Å²) in [5.74, 6) is 1.46. The van der Waals surface area contributed by atoms with Gasteiger partial charge in [-0.2, -0.15) is 0 Å². The molecular weight excluding hydrogens is 506 g/mol. The minimum Gasteiger partial charge on any atom is -0.481 e. The number of nitrogens with one attached hydrogen (secondary N) is 2. The van der Waals surface area contributed by atoms with E-state index in [-0.39, 0.29) is 11.3 Å². The number of carbonyl (C=O) groups is 1. The molecule has 7 rings (SSSR count). The summed E-state index contributed by atoms with van der Waals surface area (Å²) in [6.07, 6.45) is 5.47. The molecule has 1 amide bonds. The monoisotopic (exact) mass is 531 g/mol. The molecule has 188 valence electrons. The SMILES string of the molecule is COc1ccc2ccc(Cl)c(C(O)CC3=CC4=CC45C(NCc4ccc6c(c4)NC(=O)CS6)CC35)c2n1. The Morgan fingerprint density at radius 1 is 1.30 bits per heavy atom. The molecular formula is C29H26ClN3O3S. The number of amides is 1. The van der Waals surface area contributed by atoms with E-state index in [2.05, 4.69) is 46.0 Å². The number of thioether (sulfide) groups is 1. The number of aliphatic hydroxyl groups excluding tert-OH is 1. The van der Waals surface area contributed by atoms with E-state index in [1.54, 1.807) is 18.9 Å². The second-order valence-electron chi connectivity index (χ2n) is 10.2. The number of allylic oxidation sites excluding steroid dienone is 1. The minimum atomic E-state index is -0.743. The fourth-order valence-corrected chi connectivity index (χ4v) is 7.38. The van der Waals surface area contributed by atoms with Gasteiger partial charge in [0.1, 0.15) is 0 Å². The maximum Gasteiger partial charge on any atom is 0.234 e. The van der Waals surface area contributed by atoms with Crippen molar-refractivity contribution in [1.29, 1.82) is 0 Å². The van der Waals surface area contributed by atoms with Gasteiger partial charge in [-0.25, -0.2) is 4.98 Å². The van der Waals surface area contributed by atoms with E-state index in [1.165, 1.54) is 16.7 Å². The molecule has 3 aromatic rings. The number of hydrogen-bond donors (Lipinski definition) is 3. The van der Waals surface area contributed by atoms with Gasteiger partial charge in [0.2, 0.25) is 11.8 Å². The molecule has 4 unspecified atom stereocenters. The van der Waals surface area contributed by atoms with Gasteiger partial charge in [0.15, 0.2) is 0 Å². The molecule has 1 fully saturated rings. The van der Waals surface area contributed by atoms with E-state index < -0.39 is 6.10 Å². The summed E-state index contributed by atoms with van der Waals surface area (Å²) in [7, 11) is 1.58. The van der Waals surface area contributed by atoms with Crippen LogP contribution in [0, 0.1) is 11.3 Å². The number of hydrogen-bond acceptors (Lipinski definition) is 6. The zero-order valence-corrected chi connectivity index (χ0v) is 21.8. The topological polar surface area (TPSA) is 83.5 Å². The lowest BCUT2D eigenvalue weighted by Crippen LogP contribution is -2.53. The van der Waals surface area contributed by atoms with Crippen molar-refractivity contribution in [3.63, 3.8) is 0 Å². The van der Waals surface area contributed by atoms with E-state index in [4.69, 9.17) is 16.3 Å². The Labute approximate surface area is 224 Å². The third-order valence-corrected chi connectivity index (χ3v) is 9.65.